The summed E-state index contributed by atoms with van der Waals surface area (Å²) in [5.41, 5.74) is 0.659. The van der Waals surface area contributed by atoms with Crippen molar-refractivity contribution in [2.75, 3.05) is 13.2 Å². The van der Waals surface area contributed by atoms with Crippen LogP contribution < -0.4 is 5.32 Å². The van der Waals surface area contributed by atoms with Gasteiger partial charge in [-0.2, -0.15) is 0 Å². The number of hydrogen-bond donors (Lipinski definition) is 2. The molecular formula is C14H19NO3. The Morgan fingerprint density at radius 3 is 3.00 bits per heavy atom. The SMILES string of the molecule is O=C(Cc1ccccc1O)NCCC1CCCO1. The van der Waals surface area contributed by atoms with Crippen LogP contribution in [0.15, 0.2) is 24.3 Å². The number of nitrogens with one attached hydrogen (secondary N) is 1. The molecule has 0 aromatic heterocycles. The summed E-state index contributed by atoms with van der Waals surface area (Å²) in [5, 5.41) is 12.4. The van der Waals surface area contributed by atoms with Crippen LogP contribution in [-0.2, 0) is 16.0 Å². The fourth-order valence-corrected chi connectivity index (χ4v) is 2.14. The Morgan fingerprint density at radius 2 is 2.28 bits per heavy atom. The Balaban J connectivity index is 1.70. The molecule has 0 spiro atoms. The van der Waals surface area contributed by atoms with E-state index < -0.39 is 0 Å². The molecule has 1 fully saturated rings. The van der Waals surface area contributed by atoms with Crippen molar-refractivity contribution in [3.63, 3.8) is 0 Å². The fraction of sp³-hybridized carbons (Fsp3) is 0.500. The summed E-state index contributed by atoms with van der Waals surface area (Å²) in [6.07, 6.45) is 3.60. The molecule has 1 aromatic carbocycles. The summed E-state index contributed by atoms with van der Waals surface area (Å²) >= 11 is 0. The predicted molar refractivity (Wildman–Crippen MR) is 68.4 cm³/mol. The normalized spacial score (nSPS) is 18.8. The van der Waals surface area contributed by atoms with Gasteiger partial charge in [-0.1, -0.05) is 18.2 Å². The lowest BCUT2D eigenvalue weighted by Crippen LogP contribution is -2.28. The van der Waals surface area contributed by atoms with E-state index in [0.29, 0.717) is 18.2 Å². The second-order valence-corrected chi connectivity index (χ2v) is 4.58. The van der Waals surface area contributed by atoms with Crippen molar-refractivity contribution in [3.8, 4) is 5.75 Å². The summed E-state index contributed by atoms with van der Waals surface area (Å²) in [6, 6.07) is 6.91. The van der Waals surface area contributed by atoms with E-state index in [9.17, 15) is 9.90 Å². The predicted octanol–water partition coefficient (Wildman–Crippen LogP) is 1.62. The molecule has 2 N–H and O–H groups in total. The number of benzene rings is 1. The maximum Gasteiger partial charge on any atom is 0.224 e. The van der Waals surface area contributed by atoms with Gasteiger partial charge in [0.2, 0.25) is 5.91 Å². The van der Waals surface area contributed by atoms with Gasteiger partial charge in [0, 0.05) is 18.7 Å². The van der Waals surface area contributed by atoms with E-state index in [1.807, 2.05) is 6.07 Å². The molecule has 0 aliphatic carbocycles. The minimum absolute atomic E-state index is 0.0607. The van der Waals surface area contributed by atoms with Gasteiger partial charge in [-0.15, -0.1) is 0 Å². The quantitative estimate of drug-likeness (QED) is 0.833. The monoisotopic (exact) mass is 249 g/mol. The van der Waals surface area contributed by atoms with Gasteiger partial charge in [0.15, 0.2) is 0 Å². The maximum atomic E-state index is 11.7. The van der Waals surface area contributed by atoms with Crippen LogP contribution in [0.25, 0.3) is 0 Å². The van der Waals surface area contributed by atoms with Crippen molar-refractivity contribution in [1.29, 1.82) is 0 Å². The third-order valence-corrected chi connectivity index (χ3v) is 3.16. The van der Waals surface area contributed by atoms with Crippen LogP contribution in [0, 0.1) is 0 Å². The fourth-order valence-electron chi connectivity index (χ4n) is 2.14. The molecule has 1 heterocycles. The van der Waals surface area contributed by atoms with Crippen molar-refractivity contribution in [3.05, 3.63) is 29.8 Å². The van der Waals surface area contributed by atoms with Gasteiger partial charge < -0.3 is 15.2 Å². The minimum atomic E-state index is -0.0607. The molecule has 0 saturated carbocycles. The number of phenols is 1. The van der Waals surface area contributed by atoms with Crippen molar-refractivity contribution in [2.24, 2.45) is 0 Å². The van der Waals surface area contributed by atoms with E-state index in [1.165, 1.54) is 0 Å². The van der Waals surface area contributed by atoms with Gasteiger partial charge in [0.25, 0.3) is 0 Å². The van der Waals surface area contributed by atoms with Gasteiger partial charge in [-0.25, -0.2) is 0 Å². The molecule has 1 amide bonds. The maximum absolute atomic E-state index is 11.7. The van der Waals surface area contributed by atoms with Crippen LogP contribution in [0.1, 0.15) is 24.8 Å². The first-order valence-electron chi connectivity index (χ1n) is 6.41. The minimum Gasteiger partial charge on any atom is -0.508 e. The second-order valence-electron chi connectivity index (χ2n) is 4.58. The highest BCUT2D eigenvalue weighted by molar-refractivity contribution is 5.79. The topological polar surface area (TPSA) is 58.6 Å². The highest BCUT2D eigenvalue weighted by atomic mass is 16.5. The standard InChI is InChI=1S/C14H19NO3/c16-13-6-2-1-4-11(13)10-14(17)15-8-7-12-5-3-9-18-12/h1-2,4,6,12,16H,3,5,7-10H2,(H,15,17). The number of carbonyl (C=O) groups is 1. The summed E-state index contributed by atoms with van der Waals surface area (Å²) in [6.45, 7) is 1.48. The van der Waals surface area contributed by atoms with Crippen LogP contribution >= 0.6 is 0 Å². The number of aromatic hydroxyl groups is 1. The number of ether oxygens (including phenoxy) is 1. The summed E-state index contributed by atoms with van der Waals surface area (Å²) in [5.74, 6) is 0.112. The van der Waals surface area contributed by atoms with Crippen LogP contribution in [0.3, 0.4) is 0 Å². The first kappa shape index (κ1) is 12.9. The van der Waals surface area contributed by atoms with E-state index in [0.717, 1.165) is 25.9 Å². The molecule has 1 aliphatic rings. The summed E-state index contributed by atoms with van der Waals surface area (Å²) < 4.78 is 5.48. The van der Waals surface area contributed by atoms with Crippen molar-refractivity contribution in [2.45, 2.75) is 31.8 Å². The average molecular weight is 249 g/mol. The smallest absolute Gasteiger partial charge is 0.224 e. The molecule has 98 valence electrons. The third-order valence-electron chi connectivity index (χ3n) is 3.16. The van der Waals surface area contributed by atoms with E-state index in [4.69, 9.17) is 4.74 Å². The summed E-state index contributed by atoms with van der Waals surface area (Å²) in [4.78, 5) is 11.7. The van der Waals surface area contributed by atoms with Crippen molar-refractivity contribution in [1.82, 2.24) is 5.32 Å². The lowest BCUT2D eigenvalue weighted by atomic mass is 10.1. The van der Waals surface area contributed by atoms with Gasteiger partial charge in [0.1, 0.15) is 5.75 Å². The molecule has 1 aromatic rings. The highest BCUT2D eigenvalue weighted by Crippen LogP contribution is 2.16. The first-order valence-corrected chi connectivity index (χ1v) is 6.41. The zero-order chi connectivity index (χ0) is 12.8. The lowest BCUT2D eigenvalue weighted by Gasteiger charge is -2.10. The molecule has 1 unspecified atom stereocenters. The third kappa shape index (κ3) is 3.74. The molecule has 4 heteroatoms. The Hall–Kier alpha value is -1.55. The molecule has 0 bridgehead atoms. The largest absolute Gasteiger partial charge is 0.508 e. The Kier molecular flexibility index (Phi) is 4.59. The Labute approximate surface area is 107 Å². The number of amides is 1. The number of para-hydroxylation sites is 1. The van der Waals surface area contributed by atoms with E-state index in [1.54, 1.807) is 18.2 Å². The Morgan fingerprint density at radius 1 is 1.44 bits per heavy atom. The molecular weight excluding hydrogens is 230 g/mol. The van der Waals surface area contributed by atoms with E-state index in [2.05, 4.69) is 5.32 Å². The van der Waals surface area contributed by atoms with Crippen LogP contribution in [0.2, 0.25) is 0 Å². The van der Waals surface area contributed by atoms with Gasteiger partial charge in [-0.3, -0.25) is 4.79 Å². The molecule has 2 rings (SSSR count). The number of phenolic OH excluding ortho intramolecular Hbond substituents is 1. The molecule has 18 heavy (non-hydrogen) atoms. The van der Waals surface area contributed by atoms with Crippen LogP contribution in [0.5, 0.6) is 5.75 Å². The molecule has 4 nitrogen and oxygen atoms in total. The Bertz CT molecular complexity index is 400. The number of hydrogen-bond acceptors (Lipinski definition) is 3. The van der Waals surface area contributed by atoms with Crippen LogP contribution in [0.4, 0.5) is 0 Å². The zero-order valence-corrected chi connectivity index (χ0v) is 10.4. The van der Waals surface area contributed by atoms with Crippen molar-refractivity contribution < 1.29 is 14.6 Å². The van der Waals surface area contributed by atoms with Gasteiger partial charge >= 0.3 is 0 Å². The molecule has 1 saturated heterocycles. The lowest BCUT2D eigenvalue weighted by molar-refractivity contribution is -0.120. The molecule has 1 aliphatic heterocycles. The average Bonchev–Trinajstić information content (AvgIpc) is 2.85. The molecule has 1 atom stereocenters. The number of rotatable bonds is 5. The first-order chi connectivity index (χ1) is 8.75. The van der Waals surface area contributed by atoms with Crippen molar-refractivity contribution >= 4 is 5.91 Å². The summed E-state index contributed by atoms with van der Waals surface area (Å²) in [7, 11) is 0. The second kappa shape index (κ2) is 6.40. The highest BCUT2D eigenvalue weighted by Gasteiger charge is 2.15. The van der Waals surface area contributed by atoms with Crippen LogP contribution in [-0.4, -0.2) is 30.3 Å². The van der Waals surface area contributed by atoms with E-state index in [-0.39, 0.29) is 18.1 Å². The van der Waals surface area contributed by atoms with E-state index >= 15 is 0 Å². The van der Waals surface area contributed by atoms with Gasteiger partial charge in [0.05, 0.1) is 12.5 Å². The van der Waals surface area contributed by atoms with Gasteiger partial charge in [-0.05, 0) is 25.3 Å². The number of carbonyl (C=O) groups excluding carboxylic acids is 1. The molecule has 0 radical (unpaired) electrons. The zero-order valence-electron chi connectivity index (χ0n) is 10.4.